The summed E-state index contributed by atoms with van der Waals surface area (Å²) in [5, 5.41) is 0. The van der Waals surface area contributed by atoms with Gasteiger partial charge in [0.15, 0.2) is 0 Å². The standard InChI is InChI=1S/C19H37N/c1-3-17(2)20-15-14-19(16-20)13-12-18-10-8-6-4-5-7-9-11-18/h17-19H,3-16H2,1-2H3. The summed E-state index contributed by atoms with van der Waals surface area (Å²) in [6.07, 6.45) is 17.9. The summed E-state index contributed by atoms with van der Waals surface area (Å²) in [5.41, 5.74) is 0. The third-order valence-corrected chi connectivity index (χ3v) is 5.99. The number of hydrogen-bond acceptors (Lipinski definition) is 1. The highest BCUT2D eigenvalue weighted by Crippen LogP contribution is 2.30. The molecule has 0 radical (unpaired) electrons. The van der Waals surface area contributed by atoms with E-state index in [1.165, 1.54) is 90.1 Å². The van der Waals surface area contributed by atoms with Gasteiger partial charge in [-0.2, -0.15) is 0 Å². The highest BCUT2D eigenvalue weighted by molar-refractivity contribution is 4.79. The molecule has 1 saturated carbocycles. The van der Waals surface area contributed by atoms with Gasteiger partial charge >= 0.3 is 0 Å². The Morgan fingerprint density at radius 2 is 1.45 bits per heavy atom. The van der Waals surface area contributed by atoms with Gasteiger partial charge in [-0.25, -0.2) is 0 Å². The Balaban J connectivity index is 1.66. The Morgan fingerprint density at radius 1 is 0.850 bits per heavy atom. The molecule has 1 heterocycles. The zero-order valence-electron chi connectivity index (χ0n) is 14.1. The quantitative estimate of drug-likeness (QED) is 0.629. The monoisotopic (exact) mass is 279 g/mol. The van der Waals surface area contributed by atoms with Gasteiger partial charge in [0, 0.05) is 12.6 Å². The fourth-order valence-electron chi connectivity index (χ4n) is 4.23. The molecule has 0 N–H and O–H groups in total. The molecule has 1 aliphatic carbocycles. The van der Waals surface area contributed by atoms with Crippen LogP contribution in [0.3, 0.4) is 0 Å². The van der Waals surface area contributed by atoms with Gasteiger partial charge < -0.3 is 4.90 Å². The van der Waals surface area contributed by atoms with E-state index >= 15 is 0 Å². The normalized spacial score (nSPS) is 28.8. The van der Waals surface area contributed by atoms with Gasteiger partial charge in [-0.1, -0.05) is 64.7 Å². The highest BCUT2D eigenvalue weighted by Gasteiger charge is 2.25. The van der Waals surface area contributed by atoms with Crippen molar-refractivity contribution in [3.05, 3.63) is 0 Å². The molecule has 2 fully saturated rings. The molecular weight excluding hydrogens is 242 g/mol. The van der Waals surface area contributed by atoms with Crippen LogP contribution in [0.4, 0.5) is 0 Å². The lowest BCUT2D eigenvalue weighted by Gasteiger charge is -2.23. The Kier molecular flexibility index (Phi) is 7.41. The molecular formula is C19H37N. The molecule has 118 valence electrons. The van der Waals surface area contributed by atoms with Crippen molar-refractivity contribution in [3.63, 3.8) is 0 Å². The second kappa shape index (κ2) is 9.07. The maximum atomic E-state index is 2.73. The van der Waals surface area contributed by atoms with E-state index in [0.29, 0.717) is 0 Å². The predicted octanol–water partition coefficient (Wildman–Crippen LogP) is 5.64. The first-order chi connectivity index (χ1) is 9.79. The molecule has 0 bridgehead atoms. The van der Waals surface area contributed by atoms with Crippen LogP contribution in [0.5, 0.6) is 0 Å². The van der Waals surface area contributed by atoms with E-state index in [9.17, 15) is 0 Å². The summed E-state index contributed by atoms with van der Waals surface area (Å²) in [4.78, 5) is 2.73. The van der Waals surface area contributed by atoms with E-state index < -0.39 is 0 Å². The molecule has 1 heteroatoms. The van der Waals surface area contributed by atoms with Gasteiger partial charge in [0.25, 0.3) is 0 Å². The van der Waals surface area contributed by atoms with Crippen molar-refractivity contribution < 1.29 is 0 Å². The van der Waals surface area contributed by atoms with Crippen molar-refractivity contribution in [2.45, 2.75) is 96.9 Å². The molecule has 1 nitrogen and oxygen atoms in total. The molecule has 0 amide bonds. The first-order valence-corrected chi connectivity index (χ1v) is 9.53. The molecule has 0 aromatic rings. The molecule has 2 rings (SSSR count). The van der Waals surface area contributed by atoms with E-state index in [1.807, 2.05) is 0 Å². The van der Waals surface area contributed by atoms with Crippen LogP contribution >= 0.6 is 0 Å². The molecule has 0 aromatic heterocycles. The summed E-state index contributed by atoms with van der Waals surface area (Å²) in [6, 6.07) is 0.810. The van der Waals surface area contributed by atoms with Crippen molar-refractivity contribution in [2.75, 3.05) is 13.1 Å². The smallest absolute Gasteiger partial charge is 0.00644 e. The van der Waals surface area contributed by atoms with Crippen LogP contribution < -0.4 is 0 Å². The molecule has 2 atom stereocenters. The predicted molar refractivity (Wildman–Crippen MR) is 89.1 cm³/mol. The van der Waals surface area contributed by atoms with Crippen LogP contribution in [-0.2, 0) is 0 Å². The van der Waals surface area contributed by atoms with Crippen molar-refractivity contribution in [1.82, 2.24) is 4.90 Å². The largest absolute Gasteiger partial charge is 0.300 e. The molecule has 1 aliphatic heterocycles. The minimum absolute atomic E-state index is 0.810. The zero-order chi connectivity index (χ0) is 14.2. The lowest BCUT2D eigenvalue weighted by molar-refractivity contribution is 0.238. The zero-order valence-corrected chi connectivity index (χ0v) is 14.1. The van der Waals surface area contributed by atoms with E-state index in [2.05, 4.69) is 18.7 Å². The summed E-state index contributed by atoms with van der Waals surface area (Å²) in [6.45, 7) is 7.49. The lowest BCUT2D eigenvalue weighted by atomic mass is 9.88. The van der Waals surface area contributed by atoms with Crippen LogP contribution in [0.15, 0.2) is 0 Å². The fraction of sp³-hybridized carbons (Fsp3) is 1.00. The first kappa shape index (κ1) is 16.3. The second-order valence-electron chi connectivity index (χ2n) is 7.55. The minimum atomic E-state index is 0.810. The molecule has 1 saturated heterocycles. The van der Waals surface area contributed by atoms with Crippen molar-refractivity contribution in [3.8, 4) is 0 Å². The van der Waals surface area contributed by atoms with Gasteiger partial charge in [-0.3, -0.25) is 0 Å². The molecule has 0 aromatic carbocycles. The maximum Gasteiger partial charge on any atom is 0.00644 e. The molecule has 20 heavy (non-hydrogen) atoms. The number of nitrogens with zero attached hydrogens (tertiary/aromatic N) is 1. The Labute approximate surface area is 127 Å². The SMILES string of the molecule is CCC(C)N1CCC(CCC2CCCCCCCC2)C1. The summed E-state index contributed by atoms with van der Waals surface area (Å²) < 4.78 is 0. The molecule has 2 aliphatic rings. The van der Waals surface area contributed by atoms with E-state index in [1.54, 1.807) is 0 Å². The van der Waals surface area contributed by atoms with E-state index in [-0.39, 0.29) is 0 Å². The van der Waals surface area contributed by atoms with Gasteiger partial charge in [-0.05, 0) is 44.6 Å². The number of hydrogen-bond donors (Lipinski definition) is 0. The minimum Gasteiger partial charge on any atom is -0.300 e. The fourth-order valence-corrected chi connectivity index (χ4v) is 4.23. The van der Waals surface area contributed by atoms with Crippen molar-refractivity contribution >= 4 is 0 Å². The maximum absolute atomic E-state index is 2.73. The third kappa shape index (κ3) is 5.39. The number of likely N-dealkylation sites (tertiary alicyclic amines) is 1. The van der Waals surface area contributed by atoms with E-state index in [0.717, 1.165) is 17.9 Å². The Bertz CT molecular complexity index is 240. The average Bonchev–Trinajstić information content (AvgIpc) is 2.97. The van der Waals surface area contributed by atoms with Crippen LogP contribution in [-0.4, -0.2) is 24.0 Å². The van der Waals surface area contributed by atoms with Crippen LogP contribution in [0, 0.1) is 11.8 Å². The summed E-state index contributed by atoms with van der Waals surface area (Å²) in [5.74, 6) is 2.07. The van der Waals surface area contributed by atoms with Gasteiger partial charge in [-0.15, -0.1) is 0 Å². The molecule has 0 spiro atoms. The second-order valence-corrected chi connectivity index (χ2v) is 7.55. The lowest BCUT2D eigenvalue weighted by Crippen LogP contribution is -2.30. The molecule has 2 unspecified atom stereocenters. The van der Waals surface area contributed by atoms with Gasteiger partial charge in [0.05, 0.1) is 0 Å². The first-order valence-electron chi connectivity index (χ1n) is 9.53. The third-order valence-electron chi connectivity index (χ3n) is 5.99. The number of rotatable bonds is 5. The topological polar surface area (TPSA) is 3.24 Å². The Hall–Kier alpha value is -0.0400. The van der Waals surface area contributed by atoms with Crippen LogP contribution in [0.25, 0.3) is 0 Å². The van der Waals surface area contributed by atoms with Crippen molar-refractivity contribution in [2.24, 2.45) is 11.8 Å². The van der Waals surface area contributed by atoms with Gasteiger partial charge in [0.2, 0.25) is 0 Å². The average molecular weight is 280 g/mol. The van der Waals surface area contributed by atoms with Crippen molar-refractivity contribution in [1.29, 1.82) is 0 Å². The Morgan fingerprint density at radius 3 is 2.10 bits per heavy atom. The van der Waals surface area contributed by atoms with Crippen LogP contribution in [0.2, 0.25) is 0 Å². The van der Waals surface area contributed by atoms with Gasteiger partial charge in [0.1, 0.15) is 0 Å². The summed E-state index contributed by atoms with van der Waals surface area (Å²) >= 11 is 0. The van der Waals surface area contributed by atoms with E-state index in [4.69, 9.17) is 0 Å². The highest BCUT2D eigenvalue weighted by atomic mass is 15.2. The summed E-state index contributed by atoms with van der Waals surface area (Å²) in [7, 11) is 0. The van der Waals surface area contributed by atoms with Crippen LogP contribution in [0.1, 0.15) is 90.9 Å².